The van der Waals surface area contributed by atoms with Gasteiger partial charge < -0.3 is 4.74 Å². The van der Waals surface area contributed by atoms with E-state index in [1.54, 1.807) is 0 Å². The molecular formula is C24H42O. The Morgan fingerprint density at radius 1 is 1.04 bits per heavy atom. The number of allylic oxidation sites excluding steroid dienone is 1. The largest absolute Gasteiger partial charge is 0.378 e. The molecule has 0 amide bonds. The summed E-state index contributed by atoms with van der Waals surface area (Å²) >= 11 is 0. The fraction of sp³-hybridized carbons (Fsp3) is 0.917. The molecule has 4 rings (SSSR count). The average molecular weight is 347 g/mol. The van der Waals surface area contributed by atoms with E-state index in [1.165, 1.54) is 64.2 Å². The van der Waals surface area contributed by atoms with Crippen LogP contribution in [0.2, 0.25) is 0 Å². The maximum Gasteiger partial charge on any atom is 0.0716 e. The van der Waals surface area contributed by atoms with Crippen LogP contribution in [0.4, 0.5) is 0 Å². The summed E-state index contributed by atoms with van der Waals surface area (Å²) in [7, 11) is 1.94. The van der Waals surface area contributed by atoms with E-state index < -0.39 is 0 Å². The zero-order chi connectivity index (χ0) is 18.2. The first kappa shape index (κ1) is 19.5. The summed E-state index contributed by atoms with van der Waals surface area (Å²) in [6.45, 7) is 11.5. The molecule has 2 fully saturated rings. The first-order chi connectivity index (χ1) is 12.0. The third-order valence-electron chi connectivity index (χ3n) is 9.06. The lowest BCUT2D eigenvalue weighted by molar-refractivity contribution is -0.0342. The van der Waals surface area contributed by atoms with E-state index >= 15 is 0 Å². The van der Waals surface area contributed by atoms with Crippen molar-refractivity contribution in [2.75, 3.05) is 7.11 Å². The number of hydrogen-bond acceptors (Lipinski definition) is 1. The predicted octanol–water partition coefficient (Wildman–Crippen LogP) is 7.16. The van der Waals surface area contributed by atoms with Crippen molar-refractivity contribution in [2.45, 2.75) is 104 Å². The standard InChI is InChI=1S/C22H36O.C2H6/c1-5-22(23-4)13-11-17-16(14-22)7-8-19-18(17)10-12-21(3)15(2)6-9-20(19)21;1-2/h15,18-20H,5-14H2,1-4H3;1-2H3. The Bertz CT molecular complexity index is 500. The van der Waals surface area contributed by atoms with E-state index in [2.05, 4.69) is 20.8 Å². The fourth-order valence-electron chi connectivity index (χ4n) is 7.17. The smallest absolute Gasteiger partial charge is 0.0716 e. The molecule has 0 aliphatic heterocycles. The van der Waals surface area contributed by atoms with Crippen LogP contribution in [0.1, 0.15) is 98.8 Å². The minimum Gasteiger partial charge on any atom is -0.378 e. The van der Waals surface area contributed by atoms with Gasteiger partial charge in [0.15, 0.2) is 0 Å². The lowest BCUT2D eigenvalue weighted by Gasteiger charge is -2.53. The molecular weight excluding hydrogens is 304 g/mol. The van der Waals surface area contributed by atoms with Crippen LogP contribution in [0.25, 0.3) is 0 Å². The quantitative estimate of drug-likeness (QED) is 0.482. The van der Waals surface area contributed by atoms with Crippen molar-refractivity contribution >= 4 is 0 Å². The van der Waals surface area contributed by atoms with Crippen molar-refractivity contribution in [3.8, 4) is 0 Å². The second-order valence-corrected chi connectivity index (χ2v) is 9.48. The van der Waals surface area contributed by atoms with Gasteiger partial charge in [-0.3, -0.25) is 0 Å². The zero-order valence-corrected chi connectivity index (χ0v) is 17.8. The lowest BCUT2D eigenvalue weighted by atomic mass is 9.53. The van der Waals surface area contributed by atoms with E-state index in [1.807, 2.05) is 32.1 Å². The topological polar surface area (TPSA) is 9.23 Å². The molecule has 0 aromatic carbocycles. The number of ether oxygens (including phenoxy) is 1. The Kier molecular flexibility index (Phi) is 5.74. The van der Waals surface area contributed by atoms with Crippen molar-refractivity contribution in [2.24, 2.45) is 29.1 Å². The zero-order valence-electron chi connectivity index (χ0n) is 17.8. The van der Waals surface area contributed by atoms with Crippen molar-refractivity contribution in [3.63, 3.8) is 0 Å². The summed E-state index contributed by atoms with van der Waals surface area (Å²) in [6, 6.07) is 0. The molecule has 0 heterocycles. The van der Waals surface area contributed by atoms with E-state index in [-0.39, 0.29) is 5.60 Å². The van der Waals surface area contributed by atoms with Crippen molar-refractivity contribution in [3.05, 3.63) is 11.1 Å². The van der Waals surface area contributed by atoms with E-state index in [9.17, 15) is 0 Å². The first-order valence-corrected chi connectivity index (χ1v) is 11.3. The molecule has 0 radical (unpaired) electrons. The van der Waals surface area contributed by atoms with Crippen LogP contribution in [0, 0.1) is 29.1 Å². The molecule has 0 aromatic heterocycles. The van der Waals surface area contributed by atoms with Gasteiger partial charge in [0.05, 0.1) is 5.60 Å². The van der Waals surface area contributed by atoms with Gasteiger partial charge in [-0.25, -0.2) is 0 Å². The number of rotatable bonds is 2. The molecule has 1 heteroatoms. The summed E-state index contributed by atoms with van der Waals surface area (Å²) in [4.78, 5) is 0. The molecule has 4 aliphatic rings. The van der Waals surface area contributed by atoms with Gasteiger partial charge in [0, 0.05) is 7.11 Å². The highest BCUT2D eigenvalue weighted by molar-refractivity contribution is 5.28. The summed E-state index contributed by atoms with van der Waals surface area (Å²) in [5.74, 6) is 3.92. The van der Waals surface area contributed by atoms with E-state index in [4.69, 9.17) is 4.74 Å². The Hall–Kier alpha value is -0.300. The Morgan fingerprint density at radius 3 is 2.48 bits per heavy atom. The Labute approximate surface area is 157 Å². The molecule has 6 atom stereocenters. The van der Waals surface area contributed by atoms with Gasteiger partial charge in [-0.2, -0.15) is 0 Å². The molecule has 0 aromatic rings. The molecule has 0 saturated heterocycles. The summed E-state index contributed by atoms with van der Waals surface area (Å²) in [6.07, 6.45) is 13.8. The third-order valence-corrected chi connectivity index (χ3v) is 9.06. The molecule has 2 saturated carbocycles. The van der Waals surface area contributed by atoms with Crippen molar-refractivity contribution in [1.82, 2.24) is 0 Å². The van der Waals surface area contributed by atoms with Gasteiger partial charge in [0.2, 0.25) is 0 Å². The predicted molar refractivity (Wildman–Crippen MR) is 108 cm³/mol. The van der Waals surface area contributed by atoms with Crippen LogP contribution < -0.4 is 0 Å². The summed E-state index contributed by atoms with van der Waals surface area (Å²) < 4.78 is 5.98. The molecule has 0 bridgehead atoms. The molecule has 0 N–H and O–H groups in total. The summed E-state index contributed by atoms with van der Waals surface area (Å²) in [5, 5.41) is 0. The molecule has 1 nitrogen and oxygen atoms in total. The second-order valence-electron chi connectivity index (χ2n) is 9.48. The first-order valence-electron chi connectivity index (χ1n) is 11.3. The van der Waals surface area contributed by atoms with Crippen LogP contribution in [-0.4, -0.2) is 12.7 Å². The number of hydrogen-bond donors (Lipinski definition) is 0. The van der Waals surface area contributed by atoms with Crippen molar-refractivity contribution in [1.29, 1.82) is 0 Å². The molecule has 6 unspecified atom stereocenters. The van der Waals surface area contributed by atoms with Crippen LogP contribution in [0.15, 0.2) is 11.1 Å². The molecule has 144 valence electrons. The van der Waals surface area contributed by atoms with Gasteiger partial charge in [0.1, 0.15) is 0 Å². The maximum atomic E-state index is 5.98. The van der Waals surface area contributed by atoms with E-state index in [0.717, 1.165) is 23.7 Å². The minimum absolute atomic E-state index is 0.163. The Balaban J connectivity index is 0.000000880. The third kappa shape index (κ3) is 3.03. The fourth-order valence-corrected chi connectivity index (χ4v) is 7.17. The number of fused-ring (bicyclic) bond motifs is 4. The van der Waals surface area contributed by atoms with Gasteiger partial charge in [0.25, 0.3) is 0 Å². The highest BCUT2D eigenvalue weighted by Crippen LogP contribution is 2.63. The molecule has 4 aliphatic carbocycles. The molecule has 25 heavy (non-hydrogen) atoms. The lowest BCUT2D eigenvalue weighted by Crippen LogP contribution is -2.45. The highest BCUT2D eigenvalue weighted by atomic mass is 16.5. The maximum absolute atomic E-state index is 5.98. The van der Waals surface area contributed by atoms with Crippen LogP contribution in [0.3, 0.4) is 0 Å². The summed E-state index contributed by atoms with van der Waals surface area (Å²) in [5.41, 5.74) is 4.55. The monoisotopic (exact) mass is 346 g/mol. The Morgan fingerprint density at radius 2 is 1.80 bits per heavy atom. The van der Waals surface area contributed by atoms with Crippen LogP contribution >= 0.6 is 0 Å². The van der Waals surface area contributed by atoms with Gasteiger partial charge in [-0.05, 0) is 93.3 Å². The second kappa shape index (κ2) is 7.37. The van der Waals surface area contributed by atoms with Crippen LogP contribution in [-0.2, 0) is 4.74 Å². The highest BCUT2D eigenvalue weighted by Gasteiger charge is 2.54. The number of methoxy groups -OCH3 is 1. The minimum atomic E-state index is 0.163. The van der Waals surface area contributed by atoms with Gasteiger partial charge in [-0.1, -0.05) is 45.8 Å². The SMILES string of the molecule is CC.CCC1(OC)CCC2=C(CCC3C2CCC2(C)C(C)CCC32)C1. The average Bonchev–Trinajstić information content (AvgIpc) is 2.97. The van der Waals surface area contributed by atoms with Crippen molar-refractivity contribution < 1.29 is 4.74 Å². The van der Waals surface area contributed by atoms with Gasteiger partial charge >= 0.3 is 0 Å². The molecule has 0 spiro atoms. The van der Waals surface area contributed by atoms with E-state index in [0.29, 0.717) is 5.41 Å². The normalized spacial score (nSPS) is 45.8. The van der Waals surface area contributed by atoms with Crippen LogP contribution in [0.5, 0.6) is 0 Å². The van der Waals surface area contributed by atoms with Gasteiger partial charge in [-0.15, -0.1) is 0 Å².